The molecule has 2 aromatic carbocycles. The first-order chi connectivity index (χ1) is 13.2. The van der Waals surface area contributed by atoms with Crippen LogP contribution in [-0.2, 0) is 11.2 Å². The van der Waals surface area contributed by atoms with E-state index in [1.54, 1.807) is 13.2 Å². The number of ether oxygens (including phenoxy) is 2. The van der Waals surface area contributed by atoms with E-state index in [-0.39, 0.29) is 5.91 Å². The van der Waals surface area contributed by atoms with Gasteiger partial charge in [0.05, 0.1) is 19.4 Å². The van der Waals surface area contributed by atoms with E-state index < -0.39 is 0 Å². The Morgan fingerprint density at radius 1 is 1.19 bits per heavy atom. The summed E-state index contributed by atoms with van der Waals surface area (Å²) < 4.78 is 11.1. The van der Waals surface area contributed by atoms with Crippen molar-refractivity contribution in [3.05, 3.63) is 54.2 Å². The molecule has 3 rings (SSSR count). The fourth-order valence-corrected chi connectivity index (χ4v) is 2.99. The molecule has 0 saturated carbocycles. The lowest BCUT2D eigenvalue weighted by Gasteiger charge is -2.14. The minimum absolute atomic E-state index is 0.0473. The Morgan fingerprint density at radius 3 is 2.85 bits per heavy atom. The molecule has 2 N–H and O–H groups in total. The van der Waals surface area contributed by atoms with E-state index in [4.69, 9.17) is 9.47 Å². The Kier molecular flexibility index (Phi) is 6.36. The molecule has 0 fully saturated rings. The van der Waals surface area contributed by atoms with E-state index in [1.807, 2.05) is 36.5 Å². The Balaban J connectivity index is 1.65. The number of carbonyl (C=O) groups is 1. The standard InChI is InChI=1S/C22H26N2O3/c1-3-4-13-27-21-11-10-17(26-2)14-20(21)24-22(25)12-9-16-15-23-19-8-6-5-7-18(16)19/h5-8,10-11,14-15,23H,3-4,9,12-13H2,1-2H3,(H,24,25). The van der Waals surface area contributed by atoms with E-state index in [1.165, 1.54) is 0 Å². The number of aromatic nitrogens is 1. The highest BCUT2D eigenvalue weighted by atomic mass is 16.5. The third-order valence-electron chi connectivity index (χ3n) is 4.51. The van der Waals surface area contributed by atoms with Crippen LogP contribution >= 0.6 is 0 Å². The number of carbonyl (C=O) groups excluding carboxylic acids is 1. The maximum Gasteiger partial charge on any atom is 0.224 e. The predicted octanol–water partition coefficient (Wildman–Crippen LogP) is 4.93. The van der Waals surface area contributed by atoms with Crippen molar-refractivity contribution in [3.8, 4) is 11.5 Å². The molecule has 0 saturated heterocycles. The van der Waals surface area contributed by atoms with Crippen molar-refractivity contribution in [2.75, 3.05) is 19.0 Å². The summed E-state index contributed by atoms with van der Waals surface area (Å²) in [6.45, 7) is 2.74. The summed E-state index contributed by atoms with van der Waals surface area (Å²) in [6.07, 6.45) is 5.07. The van der Waals surface area contributed by atoms with Gasteiger partial charge in [-0.05, 0) is 36.6 Å². The van der Waals surface area contributed by atoms with E-state index >= 15 is 0 Å². The van der Waals surface area contributed by atoms with Crippen molar-refractivity contribution in [3.63, 3.8) is 0 Å². The fraction of sp³-hybridized carbons (Fsp3) is 0.318. The predicted molar refractivity (Wildman–Crippen MR) is 109 cm³/mol. The zero-order valence-electron chi connectivity index (χ0n) is 15.9. The summed E-state index contributed by atoms with van der Waals surface area (Å²) in [5, 5.41) is 4.13. The smallest absolute Gasteiger partial charge is 0.224 e. The second-order valence-corrected chi connectivity index (χ2v) is 6.47. The summed E-state index contributed by atoms with van der Waals surface area (Å²) in [7, 11) is 1.61. The van der Waals surface area contributed by atoms with Gasteiger partial charge in [-0.25, -0.2) is 0 Å². The van der Waals surface area contributed by atoms with Crippen LogP contribution in [0.5, 0.6) is 11.5 Å². The molecule has 5 nitrogen and oxygen atoms in total. The number of methoxy groups -OCH3 is 1. The minimum Gasteiger partial charge on any atom is -0.497 e. The third kappa shape index (κ3) is 4.82. The lowest BCUT2D eigenvalue weighted by atomic mass is 10.1. The molecule has 0 aliphatic rings. The van der Waals surface area contributed by atoms with E-state index in [9.17, 15) is 4.79 Å². The maximum absolute atomic E-state index is 12.5. The first kappa shape index (κ1) is 18.8. The highest BCUT2D eigenvalue weighted by molar-refractivity contribution is 5.93. The Bertz CT molecular complexity index is 901. The van der Waals surface area contributed by atoms with Gasteiger partial charge in [0.25, 0.3) is 0 Å². The van der Waals surface area contributed by atoms with Gasteiger partial charge in [-0.15, -0.1) is 0 Å². The van der Waals surface area contributed by atoms with Crippen LogP contribution in [-0.4, -0.2) is 24.6 Å². The summed E-state index contributed by atoms with van der Waals surface area (Å²) in [4.78, 5) is 15.8. The molecule has 0 atom stereocenters. The number of hydrogen-bond donors (Lipinski definition) is 2. The molecule has 0 radical (unpaired) electrons. The Labute approximate surface area is 159 Å². The summed E-state index contributed by atoms with van der Waals surface area (Å²) in [5.41, 5.74) is 2.88. The first-order valence-corrected chi connectivity index (χ1v) is 9.37. The van der Waals surface area contributed by atoms with Gasteiger partial charge in [-0.1, -0.05) is 31.5 Å². The molecule has 27 heavy (non-hydrogen) atoms. The minimum atomic E-state index is -0.0473. The van der Waals surface area contributed by atoms with E-state index in [2.05, 4.69) is 23.3 Å². The van der Waals surface area contributed by atoms with Crippen LogP contribution in [0.2, 0.25) is 0 Å². The number of fused-ring (bicyclic) bond motifs is 1. The van der Waals surface area contributed by atoms with Crippen LogP contribution in [0.4, 0.5) is 5.69 Å². The SMILES string of the molecule is CCCCOc1ccc(OC)cc1NC(=O)CCc1c[nH]c2ccccc12. The number of aromatic amines is 1. The molecule has 0 bridgehead atoms. The first-order valence-electron chi connectivity index (χ1n) is 9.37. The molecule has 3 aromatic rings. The number of anilines is 1. The average molecular weight is 366 g/mol. The van der Waals surface area contributed by atoms with Gasteiger partial charge < -0.3 is 19.8 Å². The molecule has 1 aromatic heterocycles. The van der Waals surface area contributed by atoms with Crippen LogP contribution in [0.25, 0.3) is 10.9 Å². The van der Waals surface area contributed by atoms with Gasteiger partial charge in [-0.2, -0.15) is 0 Å². The molecule has 0 spiro atoms. The topological polar surface area (TPSA) is 63.4 Å². The van der Waals surface area contributed by atoms with Gasteiger partial charge in [-0.3, -0.25) is 4.79 Å². The quantitative estimate of drug-likeness (QED) is 0.528. The normalized spacial score (nSPS) is 10.7. The van der Waals surface area contributed by atoms with Gasteiger partial charge in [0.2, 0.25) is 5.91 Å². The molecule has 1 heterocycles. The Morgan fingerprint density at radius 2 is 2.04 bits per heavy atom. The lowest BCUT2D eigenvalue weighted by molar-refractivity contribution is -0.116. The number of aryl methyl sites for hydroxylation is 1. The van der Waals surface area contributed by atoms with Crippen LogP contribution in [0.1, 0.15) is 31.7 Å². The third-order valence-corrected chi connectivity index (χ3v) is 4.51. The number of unbranched alkanes of at least 4 members (excludes halogenated alkanes) is 1. The largest absolute Gasteiger partial charge is 0.497 e. The van der Waals surface area contributed by atoms with Crippen molar-refractivity contribution in [2.45, 2.75) is 32.6 Å². The molecule has 5 heteroatoms. The van der Waals surface area contributed by atoms with E-state index in [0.717, 1.165) is 29.3 Å². The van der Waals surface area contributed by atoms with Crippen molar-refractivity contribution in [2.24, 2.45) is 0 Å². The number of rotatable bonds is 9. The number of benzene rings is 2. The van der Waals surface area contributed by atoms with Gasteiger partial charge in [0, 0.05) is 29.6 Å². The van der Waals surface area contributed by atoms with Crippen LogP contribution in [0.3, 0.4) is 0 Å². The summed E-state index contributed by atoms with van der Waals surface area (Å²) >= 11 is 0. The number of nitrogens with one attached hydrogen (secondary N) is 2. The van der Waals surface area contributed by atoms with Gasteiger partial charge in [0.1, 0.15) is 11.5 Å². The van der Waals surface area contributed by atoms with Crippen molar-refractivity contribution in [1.82, 2.24) is 4.98 Å². The summed E-state index contributed by atoms with van der Waals surface area (Å²) in [5.74, 6) is 1.31. The molecule has 1 amide bonds. The van der Waals surface area contributed by atoms with Crippen molar-refractivity contribution < 1.29 is 14.3 Å². The number of amides is 1. The zero-order chi connectivity index (χ0) is 19.1. The second-order valence-electron chi connectivity index (χ2n) is 6.47. The number of H-pyrrole nitrogens is 1. The highest BCUT2D eigenvalue weighted by Crippen LogP contribution is 2.30. The molecular weight excluding hydrogens is 340 g/mol. The molecule has 0 unspecified atom stereocenters. The number of para-hydroxylation sites is 1. The molecular formula is C22H26N2O3. The van der Waals surface area contributed by atoms with Crippen LogP contribution in [0, 0.1) is 0 Å². The monoisotopic (exact) mass is 366 g/mol. The summed E-state index contributed by atoms with van der Waals surface area (Å²) in [6, 6.07) is 13.6. The van der Waals surface area contributed by atoms with Gasteiger partial charge in [0.15, 0.2) is 0 Å². The molecule has 0 aliphatic carbocycles. The second kappa shape index (κ2) is 9.12. The number of hydrogen-bond acceptors (Lipinski definition) is 3. The van der Waals surface area contributed by atoms with Crippen LogP contribution < -0.4 is 14.8 Å². The van der Waals surface area contributed by atoms with Crippen LogP contribution in [0.15, 0.2) is 48.7 Å². The van der Waals surface area contributed by atoms with Gasteiger partial charge >= 0.3 is 0 Å². The van der Waals surface area contributed by atoms with Crippen molar-refractivity contribution in [1.29, 1.82) is 0 Å². The highest BCUT2D eigenvalue weighted by Gasteiger charge is 2.11. The molecule has 0 aliphatic heterocycles. The average Bonchev–Trinajstić information content (AvgIpc) is 3.11. The lowest BCUT2D eigenvalue weighted by Crippen LogP contribution is -2.13. The van der Waals surface area contributed by atoms with Crippen molar-refractivity contribution >= 4 is 22.5 Å². The maximum atomic E-state index is 12.5. The Hall–Kier alpha value is -2.95. The fourth-order valence-electron chi connectivity index (χ4n) is 2.99. The van der Waals surface area contributed by atoms with E-state index in [0.29, 0.717) is 36.6 Å². The zero-order valence-corrected chi connectivity index (χ0v) is 15.9. The molecule has 142 valence electrons.